The van der Waals surface area contributed by atoms with E-state index in [0.29, 0.717) is 6.61 Å². The van der Waals surface area contributed by atoms with Crippen molar-refractivity contribution in [1.29, 1.82) is 0 Å². The minimum atomic E-state index is -0.753. The van der Waals surface area contributed by atoms with Crippen LogP contribution in [0, 0.1) is 5.82 Å². The molecule has 0 aliphatic heterocycles. The minimum absolute atomic E-state index is 0.227. The second-order valence-corrected chi connectivity index (χ2v) is 3.99. The molecule has 0 aliphatic rings. The summed E-state index contributed by atoms with van der Waals surface area (Å²) >= 11 is 5.60. The van der Waals surface area contributed by atoms with E-state index in [1.165, 1.54) is 24.1 Å². The molecule has 0 aliphatic carbocycles. The minimum Gasteiger partial charge on any atom is -0.507 e. The summed E-state index contributed by atoms with van der Waals surface area (Å²) in [7, 11) is 1.50. The Morgan fingerprint density at radius 3 is 2.78 bits per heavy atom. The summed E-state index contributed by atoms with van der Waals surface area (Å²) in [5.41, 5.74) is -0.335. The highest BCUT2D eigenvalue weighted by Crippen LogP contribution is 2.21. The SMILES string of the molecule is COCCN(CCCl)C(=O)c1c(O)cccc1F. The van der Waals surface area contributed by atoms with E-state index >= 15 is 0 Å². The lowest BCUT2D eigenvalue weighted by Crippen LogP contribution is -2.36. The number of nitrogens with zero attached hydrogens (tertiary/aromatic N) is 1. The van der Waals surface area contributed by atoms with Crippen molar-refractivity contribution in [3.8, 4) is 5.75 Å². The smallest absolute Gasteiger partial charge is 0.260 e. The summed E-state index contributed by atoms with van der Waals surface area (Å²) in [5.74, 6) is -1.50. The van der Waals surface area contributed by atoms with Crippen LogP contribution in [0.25, 0.3) is 0 Å². The van der Waals surface area contributed by atoms with Crippen LogP contribution in [0.2, 0.25) is 0 Å². The molecule has 0 atom stereocenters. The first-order valence-corrected chi connectivity index (χ1v) is 5.97. The molecule has 1 aromatic carbocycles. The molecule has 0 bridgehead atoms. The third kappa shape index (κ3) is 3.58. The Hall–Kier alpha value is -1.33. The highest BCUT2D eigenvalue weighted by molar-refractivity contribution is 6.18. The molecular weight excluding hydrogens is 261 g/mol. The molecule has 0 heterocycles. The Morgan fingerprint density at radius 1 is 1.50 bits per heavy atom. The molecule has 0 radical (unpaired) electrons. The van der Waals surface area contributed by atoms with Gasteiger partial charge in [-0.1, -0.05) is 6.07 Å². The lowest BCUT2D eigenvalue weighted by molar-refractivity contribution is 0.0700. The van der Waals surface area contributed by atoms with Crippen molar-refractivity contribution in [2.75, 3.05) is 32.7 Å². The van der Waals surface area contributed by atoms with Crippen LogP contribution in [0.3, 0.4) is 0 Å². The Morgan fingerprint density at radius 2 is 2.22 bits per heavy atom. The van der Waals surface area contributed by atoms with Crippen molar-refractivity contribution in [3.05, 3.63) is 29.6 Å². The summed E-state index contributed by atoms with van der Waals surface area (Å²) in [4.78, 5) is 13.4. The summed E-state index contributed by atoms with van der Waals surface area (Å²) in [6.07, 6.45) is 0. The van der Waals surface area contributed by atoms with E-state index in [9.17, 15) is 14.3 Å². The van der Waals surface area contributed by atoms with Crippen LogP contribution in [0.4, 0.5) is 4.39 Å². The zero-order chi connectivity index (χ0) is 13.5. The number of hydrogen-bond acceptors (Lipinski definition) is 3. The fourth-order valence-corrected chi connectivity index (χ4v) is 1.71. The first-order valence-electron chi connectivity index (χ1n) is 5.43. The number of benzene rings is 1. The van der Waals surface area contributed by atoms with Gasteiger partial charge in [-0.25, -0.2) is 4.39 Å². The highest BCUT2D eigenvalue weighted by Gasteiger charge is 2.22. The second kappa shape index (κ2) is 7.18. The lowest BCUT2D eigenvalue weighted by Gasteiger charge is -2.21. The molecule has 0 aromatic heterocycles. The van der Waals surface area contributed by atoms with E-state index in [0.717, 1.165) is 6.07 Å². The van der Waals surface area contributed by atoms with Gasteiger partial charge in [0.25, 0.3) is 5.91 Å². The quantitative estimate of drug-likeness (QED) is 0.806. The largest absolute Gasteiger partial charge is 0.507 e. The number of carbonyl (C=O) groups is 1. The Labute approximate surface area is 110 Å². The average molecular weight is 276 g/mol. The van der Waals surface area contributed by atoms with Gasteiger partial charge in [-0.05, 0) is 12.1 Å². The number of rotatable bonds is 6. The van der Waals surface area contributed by atoms with Crippen LogP contribution in [-0.2, 0) is 4.74 Å². The number of carbonyl (C=O) groups excluding carboxylic acids is 1. The van der Waals surface area contributed by atoms with Gasteiger partial charge in [-0.15, -0.1) is 11.6 Å². The van der Waals surface area contributed by atoms with Gasteiger partial charge < -0.3 is 14.7 Å². The number of hydrogen-bond donors (Lipinski definition) is 1. The van der Waals surface area contributed by atoms with Crippen LogP contribution in [0.5, 0.6) is 5.75 Å². The Balaban J connectivity index is 2.94. The number of amides is 1. The summed E-state index contributed by atoms with van der Waals surface area (Å²) in [6, 6.07) is 3.73. The van der Waals surface area contributed by atoms with Crippen molar-refractivity contribution in [2.24, 2.45) is 0 Å². The van der Waals surface area contributed by atoms with E-state index < -0.39 is 11.7 Å². The third-order valence-electron chi connectivity index (χ3n) is 2.41. The molecular formula is C12H15ClFNO3. The van der Waals surface area contributed by atoms with Crippen LogP contribution in [0.15, 0.2) is 18.2 Å². The van der Waals surface area contributed by atoms with Gasteiger partial charge in [0.05, 0.1) is 6.61 Å². The van der Waals surface area contributed by atoms with Gasteiger partial charge >= 0.3 is 0 Å². The number of aromatic hydroxyl groups is 1. The topological polar surface area (TPSA) is 49.8 Å². The molecule has 0 unspecified atom stereocenters. The van der Waals surface area contributed by atoms with Crippen molar-refractivity contribution >= 4 is 17.5 Å². The monoisotopic (exact) mass is 275 g/mol. The van der Waals surface area contributed by atoms with Crippen LogP contribution >= 0.6 is 11.6 Å². The van der Waals surface area contributed by atoms with E-state index in [1.54, 1.807) is 0 Å². The molecule has 1 aromatic rings. The molecule has 18 heavy (non-hydrogen) atoms. The highest BCUT2D eigenvalue weighted by atomic mass is 35.5. The van der Waals surface area contributed by atoms with Crippen LogP contribution < -0.4 is 0 Å². The van der Waals surface area contributed by atoms with Gasteiger partial charge in [0, 0.05) is 26.1 Å². The molecule has 1 amide bonds. The van der Waals surface area contributed by atoms with Gasteiger partial charge in [0.15, 0.2) is 0 Å². The first kappa shape index (κ1) is 14.7. The van der Waals surface area contributed by atoms with E-state index in [4.69, 9.17) is 16.3 Å². The van der Waals surface area contributed by atoms with E-state index in [2.05, 4.69) is 0 Å². The molecule has 0 saturated carbocycles. The molecule has 1 N–H and O–H groups in total. The first-order chi connectivity index (χ1) is 8.61. The fourth-order valence-electron chi connectivity index (χ4n) is 1.50. The standard InChI is InChI=1S/C12H15ClFNO3/c1-18-8-7-15(6-5-13)12(17)11-9(14)3-2-4-10(11)16/h2-4,16H,5-8H2,1H3. The van der Waals surface area contributed by atoms with Gasteiger partial charge in [-0.3, -0.25) is 4.79 Å². The Bertz CT molecular complexity index is 394. The summed E-state index contributed by atoms with van der Waals surface area (Å²) < 4.78 is 18.4. The van der Waals surface area contributed by atoms with Gasteiger partial charge in [-0.2, -0.15) is 0 Å². The zero-order valence-corrected chi connectivity index (χ0v) is 10.8. The zero-order valence-electron chi connectivity index (χ0n) is 10.0. The fraction of sp³-hybridized carbons (Fsp3) is 0.417. The number of phenolic OH excluding ortho intramolecular Hbond substituents is 1. The van der Waals surface area contributed by atoms with E-state index in [-0.39, 0.29) is 30.3 Å². The molecule has 0 saturated heterocycles. The molecule has 100 valence electrons. The van der Waals surface area contributed by atoms with Crippen LogP contribution in [0.1, 0.15) is 10.4 Å². The molecule has 0 spiro atoms. The predicted octanol–water partition coefficient (Wildman–Crippen LogP) is 1.86. The molecule has 6 heteroatoms. The number of alkyl halides is 1. The number of ether oxygens (including phenoxy) is 1. The van der Waals surface area contributed by atoms with Crippen LogP contribution in [-0.4, -0.2) is 48.6 Å². The average Bonchev–Trinajstić information content (AvgIpc) is 2.34. The second-order valence-electron chi connectivity index (χ2n) is 3.61. The maximum absolute atomic E-state index is 13.6. The van der Waals surface area contributed by atoms with E-state index in [1.807, 2.05) is 0 Å². The molecule has 1 rings (SSSR count). The number of methoxy groups -OCH3 is 1. The normalized spacial score (nSPS) is 10.4. The van der Waals surface area contributed by atoms with Crippen molar-refractivity contribution in [2.45, 2.75) is 0 Å². The summed E-state index contributed by atoms with van der Waals surface area (Å²) in [5, 5.41) is 9.55. The maximum Gasteiger partial charge on any atom is 0.260 e. The van der Waals surface area contributed by atoms with Gasteiger partial charge in [0.2, 0.25) is 0 Å². The van der Waals surface area contributed by atoms with Crippen molar-refractivity contribution in [1.82, 2.24) is 4.90 Å². The molecule has 4 nitrogen and oxygen atoms in total. The number of phenols is 1. The lowest BCUT2D eigenvalue weighted by atomic mass is 10.1. The van der Waals surface area contributed by atoms with Crippen molar-refractivity contribution in [3.63, 3.8) is 0 Å². The Kier molecular flexibility index (Phi) is 5.88. The predicted molar refractivity (Wildman–Crippen MR) is 66.6 cm³/mol. The third-order valence-corrected chi connectivity index (χ3v) is 2.58. The van der Waals surface area contributed by atoms with Crippen molar-refractivity contribution < 1.29 is 19.0 Å². The molecule has 0 fully saturated rings. The summed E-state index contributed by atoms with van der Waals surface area (Å²) in [6.45, 7) is 0.866. The maximum atomic E-state index is 13.6. The number of halogens is 2. The van der Waals surface area contributed by atoms with Gasteiger partial charge in [0.1, 0.15) is 17.1 Å².